The number of likely N-dealkylation sites (N-methyl/N-ethyl adjacent to an activating group) is 1. The maximum absolute atomic E-state index is 12.7. The maximum Gasteiger partial charge on any atom is 0.255 e. The maximum atomic E-state index is 12.7. The van der Waals surface area contributed by atoms with Crippen LogP contribution < -0.4 is 10.2 Å². The topological polar surface area (TPSA) is 77.4 Å². The van der Waals surface area contributed by atoms with E-state index in [1.165, 1.54) is 0 Å². The molecule has 0 bridgehead atoms. The Hall–Kier alpha value is -4.31. The number of fused-ring (bicyclic) bond motifs is 2. The molecule has 0 radical (unpaired) electrons. The smallest absolute Gasteiger partial charge is 0.255 e. The number of halogens is 2. The predicted octanol–water partition coefficient (Wildman–Crippen LogP) is 4.52. The summed E-state index contributed by atoms with van der Waals surface area (Å²) in [5, 5.41) is 3.65. The highest BCUT2D eigenvalue weighted by Crippen LogP contribution is 2.32. The van der Waals surface area contributed by atoms with Crippen LogP contribution in [-0.4, -0.2) is 75.4 Å². The molecule has 10 heteroatoms. The number of anilines is 1. The van der Waals surface area contributed by atoms with Gasteiger partial charge in [0.2, 0.25) is 0 Å². The summed E-state index contributed by atoms with van der Waals surface area (Å²) in [7, 11) is 2.14. The standard InChI is InChI=1S/C28H28F2N8/c1-18(31-16-25(29)30)24-15-33-27-6-4-20(17-38(24)27)23-14-35-28-22(23)11-21(13-34-28)19-3-5-26(32-12-19)37-9-7-36(2)8-10-37/h3-6,11-15,17,25,31H,1,7-10,16H2,2H3,(H,34,35). The summed E-state index contributed by atoms with van der Waals surface area (Å²) >= 11 is 0. The molecule has 0 saturated carbocycles. The average molecular weight is 515 g/mol. The molecule has 38 heavy (non-hydrogen) atoms. The molecule has 0 unspecified atom stereocenters. The molecule has 2 N–H and O–H groups in total. The summed E-state index contributed by atoms with van der Waals surface area (Å²) < 4.78 is 27.2. The number of aromatic amines is 1. The third-order valence-corrected chi connectivity index (χ3v) is 7.04. The van der Waals surface area contributed by atoms with Gasteiger partial charge in [0.1, 0.15) is 17.1 Å². The van der Waals surface area contributed by atoms with Gasteiger partial charge in [-0.3, -0.25) is 4.40 Å². The van der Waals surface area contributed by atoms with E-state index in [4.69, 9.17) is 4.98 Å². The van der Waals surface area contributed by atoms with E-state index in [1.54, 1.807) is 6.20 Å². The Bertz CT molecular complexity index is 1600. The van der Waals surface area contributed by atoms with Gasteiger partial charge in [0.15, 0.2) is 0 Å². The van der Waals surface area contributed by atoms with Gasteiger partial charge in [0, 0.05) is 78.6 Å². The minimum atomic E-state index is -2.47. The van der Waals surface area contributed by atoms with Crippen molar-refractivity contribution in [2.75, 3.05) is 44.7 Å². The van der Waals surface area contributed by atoms with E-state index in [0.29, 0.717) is 17.0 Å². The van der Waals surface area contributed by atoms with Crippen LogP contribution in [0.1, 0.15) is 5.69 Å². The summed E-state index contributed by atoms with van der Waals surface area (Å²) in [5.74, 6) is 0.993. The van der Waals surface area contributed by atoms with Crippen molar-refractivity contribution in [1.29, 1.82) is 0 Å². The van der Waals surface area contributed by atoms with Crippen LogP contribution in [0, 0.1) is 0 Å². The molecule has 1 aliphatic heterocycles. The first-order valence-corrected chi connectivity index (χ1v) is 12.5. The van der Waals surface area contributed by atoms with Crippen LogP contribution >= 0.6 is 0 Å². The molecule has 1 fully saturated rings. The van der Waals surface area contributed by atoms with Crippen molar-refractivity contribution in [3.8, 4) is 22.3 Å². The van der Waals surface area contributed by atoms with Gasteiger partial charge in [-0.05, 0) is 37.4 Å². The number of rotatable bonds is 7. The normalized spacial score (nSPS) is 14.6. The number of piperazine rings is 1. The fourth-order valence-electron chi connectivity index (χ4n) is 4.83. The van der Waals surface area contributed by atoms with Gasteiger partial charge >= 0.3 is 0 Å². The monoisotopic (exact) mass is 514 g/mol. The lowest BCUT2D eigenvalue weighted by Crippen LogP contribution is -2.44. The zero-order valence-corrected chi connectivity index (χ0v) is 21.0. The number of hydrogen-bond donors (Lipinski definition) is 2. The number of nitrogens with zero attached hydrogens (tertiary/aromatic N) is 6. The number of imidazole rings is 1. The van der Waals surface area contributed by atoms with E-state index in [2.05, 4.69) is 61.9 Å². The lowest BCUT2D eigenvalue weighted by atomic mass is 10.0. The average Bonchev–Trinajstić information content (AvgIpc) is 3.56. The third-order valence-electron chi connectivity index (χ3n) is 7.04. The molecule has 194 valence electrons. The lowest BCUT2D eigenvalue weighted by Gasteiger charge is -2.33. The van der Waals surface area contributed by atoms with Crippen molar-refractivity contribution in [2.24, 2.45) is 0 Å². The third kappa shape index (κ3) is 4.58. The highest BCUT2D eigenvalue weighted by Gasteiger charge is 2.16. The summed E-state index contributed by atoms with van der Waals surface area (Å²) in [5.41, 5.74) is 6.39. The van der Waals surface area contributed by atoms with Crippen LogP contribution in [0.15, 0.2) is 67.9 Å². The van der Waals surface area contributed by atoms with E-state index >= 15 is 0 Å². The van der Waals surface area contributed by atoms with Crippen molar-refractivity contribution in [3.63, 3.8) is 0 Å². The molecule has 5 aromatic rings. The number of alkyl halides is 2. The Labute approximate surface area is 218 Å². The molecule has 0 aromatic carbocycles. The zero-order chi connectivity index (χ0) is 26.2. The lowest BCUT2D eigenvalue weighted by molar-refractivity contribution is 0.151. The summed E-state index contributed by atoms with van der Waals surface area (Å²) in [4.78, 5) is 21.7. The van der Waals surface area contributed by atoms with Crippen molar-refractivity contribution in [3.05, 3.63) is 73.6 Å². The highest BCUT2D eigenvalue weighted by molar-refractivity contribution is 5.95. The van der Waals surface area contributed by atoms with Gasteiger partial charge in [0.25, 0.3) is 6.43 Å². The van der Waals surface area contributed by atoms with E-state index in [9.17, 15) is 8.78 Å². The molecule has 5 aromatic heterocycles. The molecule has 0 amide bonds. The summed E-state index contributed by atoms with van der Waals surface area (Å²) in [6.45, 7) is 7.47. The quantitative estimate of drug-likeness (QED) is 0.333. The molecule has 6 heterocycles. The molecular formula is C28H28F2N8. The minimum absolute atomic E-state index is 0.394. The highest BCUT2D eigenvalue weighted by atomic mass is 19.3. The number of nitrogens with one attached hydrogen (secondary N) is 2. The van der Waals surface area contributed by atoms with Crippen molar-refractivity contribution >= 4 is 28.2 Å². The van der Waals surface area contributed by atoms with Gasteiger partial charge in [-0.2, -0.15) is 0 Å². The van der Waals surface area contributed by atoms with Gasteiger partial charge in [-0.25, -0.2) is 23.7 Å². The number of hydrogen-bond acceptors (Lipinski definition) is 6. The van der Waals surface area contributed by atoms with Crippen molar-refractivity contribution in [2.45, 2.75) is 6.43 Å². The predicted molar refractivity (Wildman–Crippen MR) is 146 cm³/mol. The van der Waals surface area contributed by atoms with E-state index in [0.717, 1.165) is 65.3 Å². The minimum Gasteiger partial charge on any atom is -0.378 e. The number of pyridine rings is 3. The second-order valence-corrected chi connectivity index (χ2v) is 9.56. The molecule has 6 rings (SSSR count). The van der Waals surface area contributed by atoms with Crippen LogP contribution in [0.25, 0.3) is 44.6 Å². The van der Waals surface area contributed by atoms with E-state index in [-0.39, 0.29) is 0 Å². The Morgan fingerprint density at radius 2 is 1.79 bits per heavy atom. The Balaban J connectivity index is 1.31. The summed E-state index contributed by atoms with van der Waals surface area (Å²) in [6, 6.07) is 10.2. The van der Waals surface area contributed by atoms with Crippen LogP contribution in [0.3, 0.4) is 0 Å². The Morgan fingerprint density at radius 1 is 1.00 bits per heavy atom. The first kappa shape index (κ1) is 24.1. The number of aromatic nitrogens is 5. The molecule has 0 aliphatic carbocycles. The second-order valence-electron chi connectivity index (χ2n) is 9.56. The summed E-state index contributed by atoms with van der Waals surface area (Å²) in [6.07, 6.45) is 6.79. The van der Waals surface area contributed by atoms with Crippen molar-refractivity contribution in [1.82, 2.24) is 34.6 Å². The van der Waals surface area contributed by atoms with Gasteiger partial charge in [0.05, 0.1) is 24.1 Å². The Morgan fingerprint density at radius 3 is 2.55 bits per heavy atom. The van der Waals surface area contributed by atoms with E-state index < -0.39 is 13.0 Å². The van der Waals surface area contributed by atoms with E-state index in [1.807, 2.05) is 41.3 Å². The molecule has 0 spiro atoms. The first-order valence-electron chi connectivity index (χ1n) is 12.5. The van der Waals surface area contributed by atoms with Crippen LogP contribution in [0.4, 0.5) is 14.6 Å². The van der Waals surface area contributed by atoms with Crippen LogP contribution in [-0.2, 0) is 0 Å². The zero-order valence-electron chi connectivity index (χ0n) is 21.0. The largest absolute Gasteiger partial charge is 0.378 e. The van der Waals surface area contributed by atoms with Gasteiger partial charge in [-0.15, -0.1) is 0 Å². The van der Waals surface area contributed by atoms with Gasteiger partial charge in [-0.1, -0.05) is 6.58 Å². The fourth-order valence-corrected chi connectivity index (χ4v) is 4.83. The molecule has 1 aliphatic rings. The molecular weight excluding hydrogens is 486 g/mol. The SMILES string of the molecule is C=C(NCC(F)F)c1cnc2ccc(-c3c[nH]c4ncc(-c5ccc(N6CCN(C)CC6)nc5)cc34)cn12. The number of H-pyrrole nitrogens is 1. The van der Waals surface area contributed by atoms with Gasteiger partial charge < -0.3 is 20.1 Å². The fraction of sp³-hybridized carbons (Fsp3) is 0.250. The first-order chi connectivity index (χ1) is 18.5. The molecule has 8 nitrogen and oxygen atoms in total. The Kier molecular flexibility index (Phi) is 6.24. The molecule has 1 saturated heterocycles. The van der Waals surface area contributed by atoms with Crippen molar-refractivity contribution < 1.29 is 8.78 Å². The molecule has 0 atom stereocenters. The van der Waals surface area contributed by atoms with Crippen LogP contribution in [0.2, 0.25) is 0 Å². The van der Waals surface area contributed by atoms with Crippen LogP contribution in [0.5, 0.6) is 0 Å². The second kappa shape index (κ2) is 9.86.